The Kier molecular flexibility index (Phi) is 4.98. The Morgan fingerprint density at radius 2 is 1.92 bits per heavy atom. The Morgan fingerprint density at radius 1 is 1.20 bits per heavy atom. The number of nitriles is 1. The van der Waals surface area contributed by atoms with Crippen molar-refractivity contribution in [3.63, 3.8) is 0 Å². The summed E-state index contributed by atoms with van der Waals surface area (Å²) in [5, 5.41) is 9.63. The predicted molar refractivity (Wildman–Crippen MR) is 107 cm³/mol. The topological polar surface area (TPSA) is 61.7 Å². The molecule has 0 atom stereocenters. The lowest BCUT2D eigenvalue weighted by molar-refractivity contribution is 0.411. The monoisotopic (exact) mass is 459 g/mol. The van der Waals surface area contributed by atoms with Crippen LogP contribution in [-0.4, -0.2) is 17.1 Å². The van der Waals surface area contributed by atoms with E-state index in [4.69, 9.17) is 4.74 Å². The van der Waals surface area contributed by atoms with Crippen LogP contribution in [0.3, 0.4) is 0 Å². The number of imidazole rings is 1. The van der Waals surface area contributed by atoms with Crippen molar-refractivity contribution in [1.82, 2.24) is 9.97 Å². The highest BCUT2D eigenvalue weighted by Gasteiger charge is 2.13. The number of hydrogen-bond donors (Lipinski definition) is 1. The first-order valence-electron chi connectivity index (χ1n) is 7.55. The minimum absolute atomic E-state index is 0.440. The van der Waals surface area contributed by atoms with Gasteiger partial charge < -0.3 is 9.72 Å². The summed E-state index contributed by atoms with van der Waals surface area (Å²) in [6.07, 6.45) is 1.77. The zero-order valence-electron chi connectivity index (χ0n) is 13.9. The van der Waals surface area contributed by atoms with Crippen molar-refractivity contribution in [2.24, 2.45) is 0 Å². The molecule has 0 bridgehead atoms. The lowest BCUT2D eigenvalue weighted by Gasteiger charge is -2.08. The first-order valence-corrected chi connectivity index (χ1v) is 9.13. The Labute approximate surface area is 162 Å². The number of methoxy groups -OCH3 is 1. The van der Waals surface area contributed by atoms with Gasteiger partial charge in [0.05, 0.1) is 28.2 Å². The van der Waals surface area contributed by atoms with Crippen molar-refractivity contribution in [2.45, 2.75) is 13.8 Å². The molecule has 0 spiro atoms. The summed E-state index contributed by atoms with van der Waals surface area (Å²) in [7, 11) is 1.60. The predicted octanol–water partition coefficient (Wildman–Crippen LogP) is 5.78. The maximum Gasteiger partial charge on any atom is 0.149 e. The summed E-state index contributed by atoms with van der Waals surface area (Å²) in [4.78, 5) is 7.81. The number of allylic oxidation sites excluding steroid dienone is 1. The van der Waals surface area contributed by atoms with Crippen LogP contribution in [0.4, 0.5) is 0 Å². The smallest absolute Gasteiger partial charge is 0.149 e. The Bertz CT molecular complexity index is 1010. The number of nitrogens with zero attached hydrogens (tertiary/aromatic N) is 2. The Hall–Kier alpha value is -2.10. The highest BCUT2D eigenvalue weighted by atomic mass is 79.9. The van der Waals surface area contributed by atoms with E-state index < -0.39 is 0 Å². The lowest BCUT2D eigenvalue weighted by atomic mass is 10.1. The van der Waals surface area contributed by atoms with E-state index in [1.54, 1.807) is 13.2 Å². The van der Waals surface area contributed by atoms with Crippen LogP contribution in [0, 0.1) is 25.2 Å². The first kappa shape index (κ1) is 17.7. The van der Waals surface area contributed by atoms with Gasteiger partial charge in [-0.15, -0.1) is 0 Å². The van der Waals surface area contributed by atoms with Crippen LogP contribution in [0.1, 0.15) is 22.5 Å². The molecule has 3 aromatic rings. The number of fused-ring (bicyclic) bond motifs is 1. The number of ether oxygens (including phenoxy) is 1. The zero-order valence-corrected chi connectivity index (χ0v) is 17.1. The van der Waals surface area contributed by atoms with Gasteiger partial charge >= 0.3 is 0 Å². The van der Waals surface area contributed by atoms with Gasteiger partial charge in [0, 0.05) is 10.0 Å². The molecule has 0 aliphatic heterocycles. The van der Waals surface area contributed by atoms with Crippen LogP contribution in [0.25, 0.3) is 22.7 Å². The molecule has 0 aliphatic carbocycles. The van der Waals surface area contributed by atoms with E-state index in [1.807, 2.05) is 31.2 Å². The first-order chi connectivity index (χ1) is 11.9. The van der Waals surface area contributed by atoms with E-state index in [1.165, 1.54) is 11.1 Å². The normalized spacial score (nSPS) is 11.6. The van der Waals surface area contributed by atoms with Gasteiger partial charge in [-0.05, 0) is 71.2 Å². The van der Waals surface area contributed by atoms with Crippen LogP contribution >= 0.6 is 31.9 Å². The third-order valence-corrected chi connectivity index (χ3v) is 5.06. The molecule has 1 N–H and O–H groups in total. The van der Waals surface area contributed by atoms with Gasteiger partial charge in [-0.3, -0.25) is 0 Å². The second-order valence-corrected chi connectivity index (χ2v) is 7.49. The summed E-state index contributed by atoms with van der Waals surface area (Å²) >= 11 is 6.95. The highest BCUT2D eigenvalue weighted by Crippen LogP contribution is 2.35. The molecule has 25 heavy (non-hydrogen) atoms. The molecule has 0 saturated heterocycles. The number of benzene rings is 2. The minimum atomic E-state index is 0.440. The van der Waals surface area contributed by atoms with Gasteiger partial charge in [0.25, 0.3) is 0 Å². The second-order valence-electron chi connectivity index (χ2n) is 5.72. The van der Waals surface area contributed by atoms with E-state index in [0.29, 0.717) is 17.1 Å². The molecule has 0 unspecified atom stereocenters. The summed E-state index contributed by atoms with van der Waals surface area (Å²) < 4.78 is 7.15. The number of aryl methyl sites for hydroxylation is 2. The van der Waals surface area contributed by atoms with Crippen molar-refractivity contribution in [2.75, 3.05) is 7.11 Å². The number of hydrogen-bond acceptors (Lipinski definition) is 3. The average molecular weight is 461 g/mol. The van der Waals surface area contributed by atoms with Crippen LogP contribution in [-0.2, 0) is 0 Å². The Balaban J connectivity index is 2.15. The fourth-order valence-corrected chi connectivity index (χ4v) is 4.03. The molecular formula is C19H15Br2N3O. The quantitative estimate of drug-likeness (QED) is 0.504. The van der Waals surface area contributed by atoms with E-state index >= 15 is 0 Å². The fraction of sp³-hybridized carbons (Fsp3) is 0.158. The molecule has 0 fully saturated rings. The zero-order chi connectivity index (χ0) is 18.1. The maximum atomic E-state index is 9.63. The number of H-pyrrole nitrogens is 1. The van der Waals surface area contributed by atoms with Gasteiger partial charge in [-0.25, -0.2) is 4.98 Å². The fourth-order valence-electron chi connectivity index (χ4n) is 2.61. The molecule has 1 aromatic heterocycles. The number of rotatable bonds is 3. The van der Waals surface area contributed by atoms with E-state index in [2.05, 4.69) is 54.8 Å². The maximum absolute atomic E-state index is 9.63. The summed E-state index contributed by atoms with van der Waals surface area (Å²) in [6.45, 7) is 4.11. The molecule has 6 heteroatoms. The SMILES string of the molecule is COc1c(Br)cc(Br)cc1/C=C(\C#N)c1nc2cc(C)c(C)cc2[nH]1. The molecule has 0 aliphatic rings. The minimum Gasteiger partial charge on any atom is -0.495 e. The largest absolute Gasteiger partial charge is 0.495 e. The Morgan fingerprint density at radius 3 is 2.60 bits per heavy atom. The number of aromatic nitrogens is 2. The number of halogens is 2. The molecule has 4 nitrogen and oxygen atoms in total. The highest BCUT2D eigenvalue weighted by molar-refractivity contribution is 9.11. The molecule has 126 valence electrons. The molecule has 2 aromatic carbocycles. The van der Waals surface area contributed by atoms with Crippen LogP contribution in [0.2, 0.25) is 0 Å². The molecule has 3 rings (SSSR count). The molecule has 0 saturated carbocycles. The van der Waals surface area contributed by atoms with Crippen molar-refractivity contribution >= 4 is 54.5 Å². The third-order valence-electron chi connectivity index (χ3n) is 4.01. The van der Waals surface area contributed by atoms with E-state index in [-0.39, 0.29) is 0 Å². The van der Waals surface area contributed by atoms with Gasteiger partial charge in [-0.1, -0.05) is 15.9 Å². The molecule has 1 heterocycles. The summed E-state index contributed by atoms with van der Waals surface area (Å²) in [6, 6.07) is 10.1. The number of nitrogens with one attached hydrogen (secondary N) is 1. The second kappa shape index (κ2) is 7.03. The van der Waals surface area contributed by atoms with Crippen molar-refractivity contribution < 1.29 is 4.74 Å². The van der Waals surface area contributed by atoms with Crippen molar-refractivity contribution in [3.8, 4) is 11.8 Å². The van der Waals surface area contributed by atoms with E-state index in [9.17, 15) is 5.26 Å². The van der Waals surface area contributed by atoms with E-state index in [0.717, 1.165) is 25.5 Å². The summed E-state index contributed by atoms with van der Waals surface area (Å²) in [5.74, 6) is 1.21. The van der Waals surface area contributed by atoms with Crippen LogP contribution < -0.4 is 4.74 Å². The van der Waals surface area contributed by atoms with Gasteiger partial charge in [0.1, 0.15) is 17.6 Å². The lowest BCUT2D eigenvalue weighted by Crippen LogP contribution is -1.91. The summed E-state index contributed by atoms with van der Waals surface area (Å²) in [5.41, 5.74) is 5.35. The van der Waals surface area contributed by atoms with Crippen LogP contribution in [0.5, 0.6) is 5.75 Å². The standard InChI is InChI=1S/C19H15Br2N3O/c1-10-4-16-17(5-11(10)2)24-19(23-16)13(9-22)6-12-7-14(20)8-15(21)18(12)25-3/h4-8H,1-3H3,(H,23,24)/b13-6+. The molecule has 0 radical (unpaired) electrons. The van der Waals surface area contributed by atoms with Gasteiger partial charge in [0.15, 0.2) is 0 Å². The third kappa shape index (κ3) is 3.48. The average Bonchev–Trinajstić information content (AvgIpc) is 2.95. The number of aromatic amines is 1. The molecular weight excluding hydrogens is 446 g/mol. The van der Waals surface area contributed by atoms with Crippen LogP contribution in [0.15, 0.2) is 33.2 Å². The van der Waals surface area contributed by atoms with Crippen molar-refractivity contribution in [1.29, 1.82) is 5.26 Å². The van der Waals surface area contributed by atoms with Crippen molar-refractivity contribution in [3.05, 3.63) is 55.7 Å². The van der Waals surface area contributed by atoms with Gasteiger partial charge in [0.2, 0.25) is 0 Å². The van der Waals surface area contributed by atoms with Gasteiger partial charge in [-0.2, -0.15) is 5.26 Å². The molecule has 0 amide bonds.